The van der Waals surface area contributed by atoms with Gasteiger partial charge in [-0.05, 0) is 42.0 Å². The molecule has 0 radical (unpaired) electrons. The molecular weight excluding hydrogens is 414 g/mol. The van der Waals surface area contributed by atoms with Crippen molar-refractivity contribution in [1.29, 1.82) is 0 Å². The third-order valence-electron chi connectivity index (χ3n) is 5.45. The van der Waals surface area contributed by atoms with Gasteiger partial charge in [0.1, 0.15) is 0 Å². The number of aromatic hydroxyl groups is 2. The number of para-hydroxylation sites is 2. The molecule has 0 spiro atoms. The molecule has 0 aliphatic heterocycles. The van der Waals surface area contributed by atoms with Crippen LogP contribution in [0.15, 0.2) is 108 Å². The molecule has 0 amide bonds. The zero-order valence-electron chi connectivity index (χ0n) is 17.7. The number of phenols is 2. The number of hydrogen-bond donors (Lipinski definition) is 2. The molecular formula is C27H21N3O3. The van der Waals surface area contributed by atoms with Crippen molar-refractivity contribution in [1.82, 2.24) is 9.66 Å². The Bertz CT molecular complexity index is 1480. The van der Waals surface area contributed by atoms with Gasteiger partial charge in [-0.2, -0.15) is 4.68 Å². The van der Waals surface area contributed by atoms with E-state index < -0.39 is 0 Å². The third kappa shape index (κ3) is 3.90. The highest BCUT2D eigenvalue weighted by molar-refractivity contribution is 5.80. The van der Waals surface area contributed by atoms with Crippen LogP contribution in [0.4, 0.5) is 5.69 Å². The summed E-state index contributed by atoms with van der Waals surface area (Å²) in [6, 6.07) is 31.0. The number of benzene rings is 4. The van der Waals surface area contributed by atoms with Crippen molar-refractivity contribution in [2.75, 3.05) is 5.01 Å². The third-order valence-corrected chi connectivity index (χ3v) is 5.45. The van der Waals surface area contributed by atoms with E-state index in [0.717, 1.165) is 11.3 Å². The molecule has 6 heteroatoms. The molecule has 0 aliphatic carbocycles. The number of phenolic OH excluding ortho intramolecular Hbond substituents is 2. The molecule has 0 bridgehead atoms. The number of nitrogens with zero attached hydrogens (tertiary/aromatic N) is 3. The van der Waals surface area contributed by atoms with Gasteiger partial charge >= 0.3 is 0 Å². The summed E-state index contributed by atoms with van der Waals surface area (Å²) in [6.07, 6.45) is 0. The van der Waals surface area contributed by atoms with E-state index in [2.05, 4.69) is 0 Å². The summed E-state index contributed by atoms with van der Waals surface area (Å²) in [4.78, 5) is 18.7. The van der Waals surface area contributed by atoms with Crippen molar-refractivity contribution in [2.45, 2.75) is 6.54 Å². The van der Waals surface area contributed by atoms with E-state index in [4.69, 9.17) is 4.98 Å². The van der Waals surface area contributed by atoms with Gasteiger partial charge in [-0.15, -0.1) is 0 Å². The largest absolute Gasteiger partial charge is 0.504 e. The van der Waals surface area contributed by atoms with Crippen LogP contribution >= 0.6 is 0 Å². The molecule has 0 aliphatic rings. The lowest BCUT2D eigenvalue weighted by Gasteiger charge is -2.29. The van der Waals surface area contributed by atoms with E-state index in [9.17, 15) is 15.0 Å². The number of anilines is 1. The lowest BCUT2D eigenvalue weighted by atomic mass is 10.1. The van der Waals surface area contributed by atoms with Crippen molar-refractivity contribution in [3.8, 4) is 22.9 Å². The van der Waals surface area contributed by atoms with Crippen molar-refractivity contribution in [3.05, 3.63) is 119 Å². The summed E-state index contributed by atoms with van der Waals surface area (Å²) in [5.74, 6) is 0.0958. The molecule has 0 fully saturated rings. The minimum Gasteiger partial charge on any atom is -0.504 e. The smallest absolute Gasteiger partial charge is 0.280 e. The van der Waals surface area contributed by atoms with Gasteiger partial charge in [-0.25, -0.2) is 4.98 Å². The van der Waals surface area contributed by atoms with E-state index in [-0.39, 0.29) is 23.6 Å². The molecule has 162 valence electrons. The Labute approximate surface area is 190 Å². The van der Waals surface area contributed by atoms with Crippen LogP contribution in [-0.2, 0) is 6.54 Å². The summed E-state index contributed by atoms with van der Waals surface area (Å²) in [5.41, 5.74) is 2.71. The number of fused-ring (bicyclic) bond motifs is 1. The molecule has 1 aromatic heterocycles. The molecule has 33 heavy (non-hydrogen) atoms. The first-order valence-corrected chi connectivity index (χ1v) is 10.5. The number of hydrogen-bond acceptors (Lipinski definition) is 5. The molecule has 0 unspecified atom stereocenters. The first-order chi connectivity index (χ1) is 16.1. The van der Waals surface area contributed by atoms with E-state index in [1.54, 1.807) is 16.8 Å². The summed E-state index contributed by atoms with van der Waals surface area (Å²) < 4.78 is 1.58. The second-order valence-corrected chi connectivity index (χ2v) is 7.65. The Kier molecular flexibility index (Phi) is 5.24. The van der Waals surface area contributed by atoms with Gasteiger partial charge in [-0.3, -0.25) is 9.80 Å². The Hall–Kier alpha value is -4.58. The van der Waals surface area contributed by atoms with Crippen LogP contribution in [0.5, 0.6) is 11.5 Å². The average Bonchev–Trinajstić information content (AvgIpc) is 2.86. The van der Waals surface area contributed by atoms with Gasteiger partial charge in [0.2, 0.25) is 0 Å². The van der Waals surface area contributed by atoms with E-state index in [1.165, 1.54) is 12.1 Å². The van der Waals surface area contributed by atoms with Gasteiger partial charge in [0.05, 0.1) is 23.1 Å². The minimum atomic E-state index is -0.215. The van der Waals surface area contributed by atoms with E-state index in [0.29, 0.717) is 22.3 Å². The number of rotatable bonds is 5. The molecule has 5 rings (SSSR count). The maximum Gasteiger partial charge on any atom is 0.280 e. The van der Waals surface area contributed by atoms with Crippen molar-refractivity contribution >= 4 is 16.6 Å². The lowest BCUT2D eigenvalue weighted by Crippen LogP contribution is -2.40. The van der Waals surface area contributed by atoms with Gasteiger partial charge in [0.15, 0.2) is 17.3 Å². The maximum absolute atomic E-state index is 13.8. The van der Waals surface area contributed by atoms with Gasteiger partial charge in [-0.1, -0.05) is 66.7 Å². The van der Waals surface area contributed by atoms with Crippen LogP contribution in [-0.4, -0.2) is 19.9 Å². The molecule has 0 atom stereocenters. The molecule has 0 saturated heterocycles. The van der Waals surface area contributed by atoms with E-state index >= 15 is 0 Å². The zero-order valence-corrected chi connectivity index (χ0v) is 17.7. The van der Waals surface area contributed by atoms with Gasteiger partial charge in [0, 0.05) is 5.56 Å². The van der Waals surface area contributed by atoms with Gasteiger partial charge in [0.25, 0.3) is 5.56 Å². The molecule has 2 N–H and O–H groups in total. The van der Waals surface area contributed by atoms with Crippen LogP contribution in [0.25, 0.3) is 22.3 Å². The summed E-state index contributed by atoms with van der Waals surface area (Å²) in [7, 11) is 0. The quantitative estimate of drug-likeness (QED) is 0.382. The monoisotopic (exact) mass is 435 g/mol. The molecule has 6 nitrogen and oxygen atoms in total. The second kappa shape index (κ2) is 8.51. The highest BCUT2D eigenvalue weighted by atomic mass is 16.3. The predicted octanol–water partition coefficient (Wildman–Crippen LogP) is 4.94. The first kappa shape index (κ1) is 20.3. The molecule has 1 heterocycles. The Balaban J connectivity index is 1.79. The SMILES string of the molecule is O=c1c2ccccc2nc(-c2ccccc2)n1N(Cc1ccc(O)c(O)c1)c1ccccc1. The molecule has 4 aromatic carbocycles. The highest BCUT2D eigenvalue weighted by Crippen LogP contribution is 2.28. The zero-order chi connectivity index (χ0) is 22.8. The van der Waals surface area contributed by atoms with Crippen LogP contribution in [0, 0.1) is 0 Å². The Morgan fingerprint density at radius 3 is 2.15 bits per heavy atom. The standard InChI is InChI=1S/C27H21N3O3/c31-24-16-15-19(17-25(24)32)18-29(21-11-5-2-6-12-21)30-26(20-9-3-1-4-10-20)28-23-14-8-7-13-22(23)27(30)33/h1-17,31-32H,18H2. The van der Waals surface area contributed by atoms with E-state index in [1.807, 2.05) is 83.9 Å². The highest BCUT2D eigenvalue weighted by Gasteiger charge is 2.20. The van der Waals surface area contributed by atoms with Crippen LogP contribution in [0.2, 0.25) is 0 Å². The Morgan fingerprint density at radius 2 is 1.42 bits per heavy atom. The molecule has 5 aromatic rings. The first-order valence-electron chi connectivity index (χ1n) is 10.5. The van der Waals surface area contributed by atoms with Crippen LogP contribution in [0.3, 0.4) is 0 Å². The number of aromatic nitrogens is 2. The topological polar surface area (TPSA) is 78.6 Å². The van der Waals surface area contributed by atoms with Gasteiger partial charge < -0.3 is 10.2 Å². The summed E-state index contributed by atoms with van der Waals surface area (Å²) in [6.45, 7) is 0.262. The predicted molar refractivity (Wildman–Crippen MR) is 129 cm³/mol. The molecule has 0 saturated carbocycles. The average molecular weight is 435 g/mol. The summed E-state index contributed by atoms with van der Waals surface area (Å²) >= 11 is 0. The van der Waals surface area contributed by atoms with Crippen LogP contribution in [0.1, 0.15) is 5.56 Å². The minimum absolute atomic E-state index is 0.195. The van der Waals surface area contributed by atoms with Crippen molar-refractivity contribution in [2.24, 2.45) is 0 Å². The fourth-order valence-electron chi connectivity index (χ4n) is 3.84. The fourth-order valence-corrected chi connectivity index (χ4v) is 3.84. The summed E-state index contributed by atoms with van der Waals surface area (Å²) in [5, 5.41) is 22.1. The maximum atomic E-state index is 13.8. The van der Waals surface area contributed by atoms with Crippen LogP contribution < -0.4 is 10.6 Å². The Morgan fingerprint density at radius 1 is 0.758 bits per heavy atom. The fraction of sp³-hybridized carbons (Fsp3) is 0.0370. The van der Waals surface area contributed by atoms with Crippen molar-refractivity contribution in [3.63, 3.8) is 0 Å². The normalized spacial score (nSPS) is 10.9. The second-order valence-electron chi connectivity index (χ2n) is 7.65. The lowest BCUT2D eigenvalue weighted by molar-refractivity contribution is 0.403. The van der Waals surface area contributed by atoms with Crippen molar-refractivity contribution < 1.29 is 10.2 Å².